The van der Waals surface area contributed by atoms with Crippen molar-refractivity contribution in [2.24, 2.45) is 0 Å². The molecule has 0 aromatic heterocycles. The Hall–Kier alpha value is -0.900. The smallest absolute Gasteiger partial charge is 0.313 e. The largest absolute Gasteiger partial charge is 0.469 e. The molecule has 0 fully saturated rings. The molecule has 12 heavy (non-hydrogen) atoms. The highest BCUT2D eigenvalue weighted by Gasteiger charge is 2.08. The van der Waals surface area contributed by atoms with Gasteiger partial charge < -0.3 is 9.47 Å². The molecule has 0 amide bonds. The van der Waals surface area contributed by atoms with Crippen LogP contribution in [0.2, 0.25) is 0 Å². The zero-order chi connectivity index (χ0) is 9.40. The Morgan fingerprint density at radius 3 is 2.50 bits per heavy atom. The first-order valence-electron chi connectivity index (χ1n) is 3.87. The molecule has 0 aliphatic heterocycles. The molecule has 0 atom stereocenters. The van der Waals surface area contributed by atoms with Crippen LogP contribution in [0.4, 0.5) is 0 Å². The molecule has 0 bridgehead atoms. The van der Waals surface area contributed by atoms with E-state index in [0.717, 1.165) is 0 Å². The molecule has 0 N–H and O–H groups in total. The molecule has 70 valence electrons. The highest BCUT2D eigenvalue weighted by molar-refractivity contribution is 5.95. The number of methoxy groups -OCH3 is 1. The predicted molar refractivity (Wildman–Crippen MR) is 42.8 cm³/mol. The van der Waals surface area contributed by atoms with E-state index < -0.39 is 5.97 Å². The lowest BCUT2D eigenvalue weighted by atomic mass is 10.2. The van der Waals surface area contributed by atoms with Crippen molar-refractivity contribution in [2.45, 2.75) is 19.8 Å². The first-order chi connectivity index (χ1) is 5.70. The summed E-state index contributed by atoms with van der Waals surface area (Å²) in [5, 5.41) is 0. The fourth-order valence-corrected chi connectivity index (χ4v) is 0.652. The van der Waals surface area contributed by atoms with E-state index in [2.05, 4.69) is 4.74 Å². The Bertz CT molecular complexity index is 153. The number of carbonyl (C=O) groups is 2. The van der Waals surface area contributed by atoms with Gasteiger partial charge in [0.1, 0.15) is 12.2 Å². The maximum atomic E-state index is 10.9. The Labute approximate surface area is 71.8 Å². The van der Waals surface area contributed by atoms with Gasteiger partial charge in [-0.05, 0) is 6.92 Å². The van der Waals surface area contributed by atoms with E-state index in [4.69, 9.17) is 4.74 Å². The van der Waals surface area contributed by atoms with Crippen molar-refractivity contribution in [1.82, 2.24) is 0 Å². The molecule has 0 rings (SSSR count). The fourth-order valence-electron chi connectivity index (χ4n) is 0.652. The van der Waals surface area contributed by atoms with Crippen molar-refractivity contribution in [2.75, 3.05) is 20.3 Å². The Morgan fingerprint density at radius 1 is 1.33 bits per heavy atom. The van der Waals surface area contributed by atoms with E-state index in [1.807, 2.05) is 6.92 Å². The minimum atomic E-state index is -0.489. The molecule has 0 spiro atoms. The number of hydrogen-bond donors (Lipinski definition) is 0. The van der Waals surface area contributed by atoms with Crippen LogP contribution < -0.4 is 0 Å². The minimum Gasteiger partial charge on any atom is -0.469 e. The summed E-state index contributed by atoms with van der Waals surface area (Å²) in [6.45, 7) is 2.82. The second kappa shape index (κ2) is 6.79. The van der Waals surface area contributed by atoms with Gasteiger partial charge in [-0.25, -0.2) is 0 Å². The number of carbonyl (C=O) groups excluding carboxylic acids is 2. The third kappa shape index (κ3) is 5.85. The van der Waals surface area contributed by atoms with Gasteiger partial charge in [0.05, 0.1) is 13.7 Å². The van der Waals surface area contributed by atoms with Gasteiger partial charge in [0.2, 0.25) is 0 Å². The average molecular weight is 174 g/mol. The van der Waals surface area contributed by atoms with Crippen LogP contribution >= 0.6 is 0 Å². The SMILES string of the molecule is CCOCCC(=O)CC(=O)OC. The highest BCUT2D eigenvalue weighted by atomic mass is 16.5. The average Bonchev–Trinajstić information content (AvgIpc) is 2.05. The third-order valence-corrected chi connectivity index (χ3v) is 1.30. The third-order valence-electron chi connectivity index (χ3n) is 1.30. The highest BCUT2D eigenvalue weighted by Crippen LogP contribution is 1.92. The second-order valence-electron chi connectivity index (χ2n) is 2.24. The van der Waals surface area contributed by atoms with Crippen molar-refractivity contribution in [1.29, 1.82) is 0 Å². The number of rotatable bonds is 6. The summed E-state index contributed by atoms with van der Waals surface area (Å²) >= 11 is 0. The van der Waals surface area contributed by atoms with Gasteiger partial charge in [0.25, 0.3) is 0 Å². The van der Waals surface area contributed by atoms with Crippen molar-refractivity contribution in [3.63, 3.8) is 0 Å². The van der Waals surface area contributed by atoms with Gasteiger partial charge >= 0.3 is 5.97 Å². The van der Waals surface area contributed by atoms with E-state index in [9.17, 15) is 9.59 Å². The van der Waals surface area contributed by atoms with E-state index in [1.165, 1.54) is 7.11 Å². The molecular weight excluding hydrogens is 160 g/mol. The predicted octanol–water partition coefficient (Wildman–Crippen LogP) is 0.545. The minimum absolute atomic E-state index is 0.143. The van der Waals surface area contributed by atoms with E-state index in [0.29, 0.717) is 13.2 Å². The molecular formula is C8H14O4. The maximum Gasteiger partial charge on any atom is 0.313 e. The molecule has 0 saturated carbocycles. The van der Waals surface area contributed by atoms with E-state index in [1.54, 1.807) is 0 Å². The molecule has 0 aromatic rings. The monoisotopic (exact) mass is 174 g/mol. The van der Waals surface area contributed by atoms with Crippen molar-refractivity contribution >= 4 is 11.8 Å². The van der Waals surface area contributed by atoms with Gasteiger partial charge in [-0.2, -0.15) is 0 Å². The van der Waals surface area contributed by atoms with E-state index in [-0.39, 0.29) is 18.6 Å². The number of hydrogen-bond acceptors (Lipinski definition) is 4. The van der Waals surface area contributed by atoms with Crippen LogP contribution in [0.15, 0.2) is 0 Å². The second-order valence-corrected chi connectivity index (χ2v) is 2.24. The van der Waals surface area contributed by atoms with Gasteiger partial charge in [-0.3, -0.25) is 9.59 Å². The summed E-state index contributed by atoms with van der Waals surface area (Å²) in [7, 11) is 1.26. The van der Waals surface area contributed by atoms with Crippen LogP contribution in [0.1, 0.15) is 19.8 Å². The summed E-state index contributed by atoms with van der Waals surface area (Å²) in [6, 6.07) is 0. The summed E-state index contributed by atoms with van der Waals surface area (Å²) in [5.41, 5.74) is 0. The standard InChI is InChI=1S/C8H14O4/c1-3-12-5-4-7(9)6-8(10)11-2/h3-6H2,1-2H3. The van der Waals surface area contributed by atoms with Gasteiger partial charge in [-0.1, -0.05) is 0 Å². The van der Waals surface area contributed by atoms with E-state index >= 15 is 0 Å². The van der Waals surface area contributed by atoms with Crippen LogP contribution in [0.3, 0.4) is 0 Å². The zero-order valence-electron chi connectivity index (χ0n) is 7.46. The number of esters is 1. The number of ether oxygens (including phenoxy) is 2. The molecule has 4 nitrogen and oxygen atoms in total. The van der Waals surface area contributed by atoms with Crippen molar-refractivity contribution in [3.05, 3.63) is 0 Å². The first-order valence-corrected chi connectivity index (χ1v) is 3.87. The molecule has 0 aliphatic carbocycles. The normalized spacial score (nSPS) is 9.50. The molecule has 4 heteroatoms. The Morgan fingerprint density at radius 2 is 2.00 bits per heavy atom. The fraction of sp³-hybridized carbons (Fsp3) is 0.750. The summed E-state index contributed by atoms with van der Waals surface area (Å²) < 4.78 is 9.27. The molecule has 0 heterocycles. The lowest BCUT2D eigenvalue weighted by Gasteiger charge is -1.99. The van der Waals surface area contributed by atoms with Crippen LogP contribution in [0.5, 0.6) is 0 Å². The lowest BCUT2D eigenvalue weighted by molar-refractivity contribution is -0.143. The molecule has 0 saturated heterocycles. The lowest BCUT2D eigenvalue weighted by Crippen LogP contribution is -2.11. The number of ketones is 1. The summed E-state index contributed by atoms with van der Waals surface area (Å²) in [4.78, 5) is 21.5. The first kappa shape index (κ1) is 11.1. The Balaban J connectivity index is 3.40. The van der Waals surface area contributed by atoms with Crippen LogP contribution in [0, 0.1) is 0 Å². The van der Waals surface area contributed by atoms with Gasteiger partial charge in [0, 0.05) is 13.0 Å². The summed E-state index contributed by atoms with van der Waals surface area (Å²) in [6.07, 6.45) is 0.131. The molecule has 0 aromatic carbocycles. The molecule has 0 radical (unpaired) electrons. The van der Waals surface area contributed by atoms with Gasteiger partial charge in [-0.15, -0.1) is 0 Å². The maximum absolute atomic E-state index is 10.9. The van der Waals surface area contributed by atoms with Gasteiger partial charge in [0.15, 0.2) is 0 Å². The summed E-state index contributed by atoms with van der Waals surface area (Å²) in [5.74, 6) is -0.633. The quantitative estimate of drug-likeness (QED) is 0.335. The Kier molecular flexibility index (Phi) is 6.28. The van der Waals surface area contributed by atoms with Crippen molar-refractivity contribution < 1.29 is 19.1 Å². The van der Waals surface area contributed by atoms with Crippen LogP contribution in [0.25, 0.3) is 0 Å². The van der Waals surface area contributed by atoms with Crippen LogP contribution in [-0.4, -0.2) is 32.1 Å². The van der Waals surface area contributed by atoms with Crippen LogP contribution in [-0.2, 0) is 19.1 Å². The zero-order valence-corrected chi connectivity index (χ0v) is 7.46. The number of Topliss-reactive ketones (excluding diaryl/α,β-unsaturated/α-hetero) is 1. The topological polar surface area (TPSA) is 52.6 Å². The molecule has 0 unspecified atom stereocenters. The molecule has 0 aliphatic rings. The van der Waals surface area contributed by atoms with Crippen molar-refractivity contribution in [3.8, 4) is 0 Å².